The second-order valence-electron chi connectivity index (χ2n) is 5.54. The van der Waals surface area contributed by atoms with Gasteiger partial charge in [0.15, 0.2) is 23.0 Å². The summed E-state index contributed by atoms with van der Waals surface area (Å²) in [6.45, 7) is 9.25. The topological polar surface area (TPSA) is 58.9 Å². The molecule has 0 amide bonds. The van der Waals surface area contributed by atoms with Crippen molar-refractivity contribution in [2.24, 2.45) is 0 Å². The minimum absolute atomic E-state index is 0.0299. The van der Waals surface area contributed by atoms with Gasteiger partial charge in [-0.05, 0) is 18.8 Å². The molecule has 0 aromatic heterocycles. The maximum atomic E-state index is 10.1. The molecule has 2 N–H and O–H groups in total. The first-order valence-electron chi connectivity index (χ1n) is 7.87. The van der Waals surface area contributed by atoms with Crippen molar-refractivity contribution in [2.45, 2.75) is 59.3 Å². The van der Waals surface area contributed by atoms with E-state index in [1.54, 1.807) is 0 Å². The van der Waals surface area contributed by atoms with Crippen LogP contribution in [0.3, 0.4) is 0 Å². The molecular weight excluding hydrogens is 268 g/mol. The van der Waals surface area contributed by atoms with Crippen molar-refractivity contribution in [3.8, 4) is 23.0 Å². The van der Waals surface area contributed by atoms with Crippen molar-refractivity contribution in [3.63, 3.8) is 0 Å². The molecule has 0 spiro atoms. The van der Waals surface area contributed by atoms with Crippen LogP contribution in [0.15, 0.2) is 6.07 Å². The fourth-order valence-electron chi connectivity index (χ4n) is 2.07. The van der Waals surface area contributed by atoms with Crippen LogP contribution in [0, 0.1) is 0 Å². The van der Waals surface area contributed by atoms with Crippen LogP contribution in [0.2, 0.25) is 0 Å². The second kappa shape index (κ2) is 8.65. The lowest BCUT2D eigenvalue weighted by atomic mass is 9.99. The number of unbranched alkanes of at least 4 members (excludes halogenated alkanes) is 2. The molecule has 1 aromatic carbocycles. The van der Waals surface area contributed by atoms with Crippen LogP contribution in [-0.2, 0) is 0 Å². The van der Waals surface area contributed by atoms with Crippen LogP contribution in [0.4, 0.5) is 0 Å². The van der Waals surface area contributed by atoms with E-state index >= 15 is 0 Å². The summed E-state index contributed by atoms with van der Waals surface area (Å²) < 4.78 is 11.6. The fourth-order valence-corrected chi connectivity index (χ4v) is 2.07. The zero-order valence-electron chi connectivity index (χ0n) is 13.6. The summed E-state index contributed by atoms with van der Waals surface area (Å²) in [5.74, 6) is 0.832. The van der Waals surface area contributed by atoms with Gasteiger partial charge in [-0.15, -0.1) is 0 Å². The largest absolute Gasteiger partial charge is 0.504 e. The van der Waals surface area contributed by atoms with E-state index in [2.05, 4.69) is 13.8 Å². The van der Waals surface area contributed by atoms with E-state index in [9.17, 15) is 10.2 Å². The highest BCUT2D eigenvalue weighted by atomic mass is 16.5. The third-order valence-electron chi connectivity index (χ3n) is 3.31. The summed E-state index contributed by atoms with van der Waals surface area (Å²) in [6.07, 6.45) is 3.95. The van der Waals surface area contributed by atoms with E-state index in [0.717, 1.165) is 25.7 Å². The molecule has 0 atom stereocenters. The standard InChI is InChI=1S/C17H28O4/c1-5-7-9-20-14-11-13(18)16(19)15(12(3)4)17(14)21-10-8-6-2/h11-12,18-19H,5-10H2,1-4H3. The Morgan fingerprint density at radius 1 is 1.00 bits per heavy atom. The fraction of sp³-hybridized carbons (Fsp3) is 0.647. The number of hydrogen-bond donors (Lipinski definition) is 2. The molecular formula is C17H28O4. The maximum Gasteiger partial charge on any atom is 0.168 e. The van der Waals surface area contributed by atoms with Crippen LogP contribution in [0.5, 0.6) is 23.0 Å². The van der Waals surface area contributed by atoms with Gasteiger partial charge in [-0.25, -0.2) is 0 Å². The minimum atomic E-state index is -0.159. The third kappa shape index (κ3) is 4.73. The molecule has 0 heterocycles. The van der Waals surface area contributed by atoms with Gasteiger partial charge in [0.2, 0.25) is 0 Å². The number of phenols is 2. The Morgan fingerprint density at radius 2 is 1.57 bits per heavy atom. The lowest BCUT2D eigenvalue weighted by Crippen LogP contribution is -2.06. The Labute approximate surface area is 127 Å². The first kappa shape index (κ1) is 17.5. The molecule has 0 saturated carbocycles. The van der Waals surface area contributed by atoms with Gasteiger partial charge in [0.05, 0.1) is 13.2 Å². The van der Waals surface area contributed by atoms with Crippen molar-refractivity contribution in [1.82, 2.24) is 0 Å². The lowest BCUT2D eigenvalue weighted by Gasteiger charge is -2.20. The van der Waals surface area contributed by atoms with Crippen molar-refractivity contribution < 1.29 is 19.7 Å². The van der Waals surface area contributed by atoms with Gasteiger partial charge in [-0.1, -0.05) is 40.5 Å². The Balaban J connectivity index is 3.12. The van der Waals surface area contributed by atoms with Crippen LogP contribution in [0.25, 0.3) is 0 Å². The Morgan fingerprint density at radius 3 is 2.10 bits per heavy atom. The number of hydrogen-bond acceptors (Lipinski definition) is 4. The molecule has 4 heteroatoms. The first-order valence-corrected chi connectivity index (χ1v) is 7.87. The van der Waals surface area contributed by atoms with Crippen LogP contribution in [0.1, 0.15) is 64.9 Å². The third-order valence-corrected chi connectivity index (χ3v) is 3.31. The van der Waals surface area contributed by atoms with Gasteiger partial charge in [0.25, 0.3) is 0 Å². The smallest absolute Gasteiger partial charge is 0.168 e. The summed E-state index contributed by atoms with van der Waals surface area (Å²) in [7, 11) is 0. The maximum absolute atomic E-state index is 10.1. The van der Waals surface area contributed by atoms with Crippen LogP contribution >= 0.6 is 0 Å². The van der Waals surface area contributed by atoms with E-state index in [-0.39, 0.29) is 17.4 Å². The molecule has 1 rings (SSSR count). The van der Waals surface area contributed by atoms with Crippen molar-refractivity contribution in [2.75, 3.05) is 13.2 Å². The number of benzene rings is 1. The van der Waals surface area contributed by atoms with Gasteiger partial charge >= 0.3 is 0 Å². The average Bonchev–Trinajstić information content (AvgIpc) is 2.43. The molecule has 0 aliphatic carbocycles. The molecule has 0 fully saturated rings. The predicted octanol–water partition coefficient (Wildman–Crippen LogP) is 4.58. The van der Waals surface area contributed by atoms with Gasteiger partial charge < -0.3 is 19.7 Å². The molecule has 0 unspecified atom stereocenters. The first-order chi connectivity index (χ1) is 10.0. The van der Waals surface area contributed by atoms with E-state index in [4.69, 9.17) is 9.47 Å². The van der Waals surface area contributed by atoms with Gasteiger partial charge in [0.1, 0.15) is 0 Å². The average molecular weight is 296 g/mol. The van der Waals surface area contributed by atoms with E-state index in [1.165, 1.54) is 6.07 Å². The molecule has 4 nitrogen and oxygen atoms in total. The minimum Gasteiger partial charge on any atom is -0.504 e. The predicted molar refractivity (Wildman–Crippen MR) is 84.7 cm³/mol. The SMILES string of the molecule is CCCCOc1cc(O)c(O)c(C(C)C)c1OCCCC. The quantitative estimate of drug-likeness (QED) is 0.517. The summed E-state index contributed by atoms with van der Waals surface area (Å²) in [6, 6.07) is 1.44. The second-order valence-corrected chi connectivity index (χ2v) is 5.54. The van der Waals surface area contributed by atoms with Gasteiger partial charge in [0, 0.05) is 11.6 Å². The molecule has 0 bridgehead atoms. The van der Waals surface area contributed by atoms with Crippen molar-refractivity contribution in [3.05, 3.63) is 11.6 Å². The molecule has 0 aliphatic heterocycles. The number of rotatable bonds is 9. The molecule has 0 aliphatic rings. The molecule has 21 heavy (non-hydrogen) atoms. The summed E-state index contributed by atoms with van der Waals surface area (Å²) in [5, 5.41) is 20.0. The van der Waals surface area contributed by atoms with Gasteiger partial charge in [-0.3, -0.25) is 0 Å². The van der Waals surface area contributed by atoms with E-state index < -0.39 is 0 Å². The molecule has 0 radical (unpaired) electrons. The Kier molecular flexibility index (Phi) is 7.20. The highest BCUT2D eigenvalue weighted by Crippen LogP contribution is 2.47. The summed E-state index contributed by atoms with van der Waals surface area (Å²) in [4.78, 5) is 0. The normalized spacial score (nSPS) is 10.9. The van der Waals surface area contributed by atoms with Crippen LogP contribution < -0.4 is 9.47 Å². The molecule has 1 aromatic rings. The number of ether oxygens (including phenoxy) is 2. The highest BCUT2D eigenvalue weighted by Gasteiger charge is 2.22. The highest BCUT2D eigenvalue weighted by molar-refractivity contribution is 5.61. The number of phenolic OH excluding ortho intramolecular Hbond substituents is 2. The van der Waals surface area contributed by atoms with E-state index in [1.807, 2.05) is 13.8 Å². The Bertz CT molecular complexity index is 441. The monoisotopic (exact) mass is 296 g/mol. The van der Waals surface area contributed by atoms with E-state index in [0.29, 0.717) is 30.3 Å². The zero-order chi connectivity index (χ0) is 15.8. The molecule has 120 valence electrons. The van der Waals surface area contributed by atoms with Crippen molar-refractivity contribution in [1.29, 1.82) is 0 Å². The zero-order valence-corrected chi connectivity index (χ0v) is 13.6. The summed E-state index contributed by atoms with van der Waals surface area (Å²) in [5.41, 5.74) is 0.609. The van der Waals surface area contributed by atoms with Gasteiger partial charge in [-0.2, -0.15) is 0 Å². The molecule has 0 saturated heterocycles. The summed E-state index contributed by atoms with van der Waals surface area (Å²) >= 11 is 0. The van der Waals surface area contributed by atoms with Crippen LogP contribution in [-0.4, -0.2) is 23.4 Å². The number of aromatic hydroxyl groups is 2. The lowest BCUT2D eigenvalue weighted by molar-refractivity contribution is 0.254. The van der Waals surface area contributed by atoms with Crippen molar-refractivity contribution >= 4 is 0 Å². The Hall–Kier alpha value is -1.58.